The van der Waals surface area contributed by atoms with E-state index in [0.29, 0.717) is 24.2 Å². The number of carbonyl (C=O) groups is 2. The SMILES string of the molecule is COC(=O)c1ccc(F)c(CN2CCC[C@H](NC(=O)C(C)C)C2)c1. The molecule has 1 aromatic rings. The first-order valence-corrected chi connectivity index (χ1v) is 8.30. The molecule has 1 heterocycles. The third kappa shape index (κ3) is 4.77. The summed E-state index contributed by atoms with van der Waals surface area (Å²) in [5.74, 6) is -0.816. The van der Waals surface area contributed by atoms with E-state index >= 15 is 0 Å². The average molecular weight is 336 g/mol. The molecule has 0 radical (unpaired) electrons. The molecule has 1 N–H and O–H groups in total. The lowest BCUT2D eigenvalue weighted by Gasteiger charge is -2.33. The number of esters is 1. The normalized spacial score (nSPS) is 18.5. The molecule has 1 aliphatic heterocycles. The Morgan fingerprint density at radius 3 is 2.83 bits per heavy atom. The molecule has 1 aromatic carbocycles. The number of ether oxygens (including phenoxy) is 1. The van der Waals surface area contributed by atoms with Crippen molar-refractivity contribution in [3.8, 4) is 0 Å². The van der Waals surface area contributed by atoms with Crippen molar-refractivity contribution in [3.05, 3.63) is 35.1 Å². The highest BCUT2D eigenvalue weighted by Gasteiger charge is 2.23. The molecule has 24 heavy (non-hydrogen) atoms. The standard InChI is InChI=1S/C18H25FN2O3/c1-12(2)17(22)20-15-5-4-8-21(11-15)10-14-9-13(18(23)24-3)6-7-16(14)19/h6-7,9,12,15H,4-5,8,10-11H2,1-3H3,(H,20,22)/t15-/m0/s1. The van der Waals surface area contributed by atoms with Crippen LogP contribution in [0.3, 0.4) is 0 Å². The predicted octanol–water partition coefficient (Wildman–Crippen LogP) is 2.35. The number of hydrogen-bond acceptors (Lipinski definition) is 4. The first-order valence-electron chi connectivity index (χ1n) is 8.30. The van der Waals surface area contributed by atoms with Crippen LogP contribution in [-0.4, -0.2) is 43.0 Å². The lowest BCUT2D eigenvalue weighted by Crippen LogP contribution is -2.48. The fourth-order valence-corrected chi connectivity index (χ4v) is 2.87. The number of benzene rings is 1. The van der Waals surface area contributed by atoms with Crippen LogP contribution in [0.1, 0.15) is 42.6 Å². The molecule has 1 fully saturated rings. The van der Waals surface area contributed by atoms with Crippen LogP contribution in [-0.2, 0) is 16.1 Å². The number of hydrogen-bond donors (Lipinski definition) is 1. The number of nitrogens with one attached hydrogen (secondary N) is 1. The maximum Gasteiger partial charge on any atom is 0.337 e. The Bertz CT molecular complexity index is 604. The topological polar surface area (TPSA) is 58.6 Å². The Kier molecular flexibility index (Phi) is 6.31. The van der Waals surface area contributed by atoms with E-state index in [9.17, 15) is 14.0 Å². The number of halogens is 1. The summed E-state index contributed by atoms with van der Waals surface area (Å²) in [7, 11) is 1.30. The highest BCUT2D eigenvalue weighted by molar-refractivity contribution is 5.89. The van der Waals surface area contributed by atoms with Crippen LogP contribution < -0.4 is 5.32 Å². The number of rotatable bonds is 5. The number of carbonyl (C=O) groups excluding carboxylic acids is 2. The second-order valence-electron chi connectivity index (χ2n) is 6.54. The van der Waals surface area contributed by atoms with Crippen LogP contribution in [0.5, 0.6) is 0 Å². The van der Waals surface area contributed by atoms with Crippen molar-refractivity contribution >= 4 is 11.9 Å². The van der Waals surface area contributed by atoms with Gasteiger partial charge in [-0.1, -0.05) is 13.8 Å². The van der Waals surface area contributed by atoms with Gasteiger partial charge >= 0.3 is 5.97 Å². The van der Waals surface area contributed by atoms with Crippen LogP contribution in [0.15, 0.2) is 18.2 Å². The van der Waals surface area contributed by atoms with E-state index < -0.39 is 5.97 Å². The summed E-state index contributed by atoms with van der Waals surface area (Å²) < 4.78 is 18.7. The number of methoxy groups -OCH3 is 1. The molecule has 2 rings (SSSR count). The Morgan fingerprint density at radius 1 is 1.42 bits per heavy atom. The number of likely N-dealkylation sites (tertiary alicyclic amines) is 1. The average Bonchev–Trinajstić information content (AvgIpc) is 2.56. The number of piperidine rings is 1. The van der Waals surface area contributed by atoms with Gasteiger partial charge in [-0.05, 0) is 37.6 Å². The van der Waals surface area contributed by atoms with Gasteiger partial charge in [-0.15, -0.1) is 0 Å². The van der Waals surface area contributed by atoms with Gasteiger partial charge in [0.05, 0.1) is 12.7 Å². The molecular formula is C18H25FN2O3. The Labute approximate surface area is 142 Å². The Hall–Kier alpha value is -1.95. The summed E-state index contributed by atoms with van der Waals surface area (Å²) in [4.78, 5) is 25.5. The molecule has 0 saturated carbocycles. The summed E-state index contributed by atoms with van der Waals surface area (Å²) in [6.07, 6.45) is 1.88. The van der Waals surface area contributed by atoms with Gasteiger partial charge in [0.1, 0.15) is 5.82 Å². The van der Waals surface area contributed by atoms with Crippen LogP contribution >= 0.6 is 0 Å². The molecule has 5 nitrogen and oxygen atoms in total. The zero-order chi connectivity index (χ0) is 17.7. The van der Waals surface area contributed by atoms with Gasteiger partial charge in [0, 0.05) is 30.6 Å². The van der Waals surface area contributed by atoms with E-state index in [4.69, 9.17) is 0 Å². The van der Waals surface area contributed by atoms with Crippen molar-refractivity contribution in [3.63, 3.8) is 0 Å². The summed E-state index contributed by atoms with van der Waals surface area (Å²) in [5.41, 5.74) is 0.810. The summed E-state index contributed by atoms with van der Waals surface area (Å²) in [5, 5.41) is 3.04. The van der Waals surface area contributed by atoms with E-state index in [2.05, 4.69) is 15.0 Å². The highest BCUT2D eigenvalue weighted by Crippen LogP contribution is 2.18. The van der Waals surface area contributed by atoms with Gasteiger partial charge < -0.3 is 10.1 Å². The van der Waals surface area contributed by atoms with Gasteiger partial charge in [-0.25, -0.2) is 9.18 Å². The van der Waals surface area contributed by atoms with Gasteiger partial charge in [0.2, 0.25) is 5.91 Å². The van der Waals surface area contributed by atoms with Crippen molar-refractivity contribution in [1.82, 2.24) is 10.2 Å². The zero-order valence-corrected chi connectivity index (χ0v) is 14.5. The molecule has 132 valence electrons. The molecule has 0 aromatic heterocycles. The Morgan fingerprint density at radius 2 is 2.17 bits per heavy atom. The van der Waals surface area contributed by atoms with Gasteiger partial charge in [-0.3, -0.25) is 9.69 Å². The van der Waals surface area contributed by atoms with Gasteiger partial charge in [0.25, 0.3) is 0 Å². The summed E-state index contributed by atoms with van der Waals surface area (Å²) >= 11 is 0. The molecular weight excluding hydrogens is 311 g/mol. The molecule has 1 aliphatic rings. The minimum atomic E-state index is -0.475. The van der Waals surface area contributed by atoms with Crippen LogP contribution in [0.25, 0.3) is 0 Å². The van der Waals surface area contributed by atoms with E-state index in [1.54, 1.807) is 0 Å². The first kappa shape index (κ1) is 18.4. The van der Waals surface area contributed by atoms with Crippen LogP contribution in [0.4, 0.5) is 4.39 Å². The first-order chi connectivity index (χ1) is 11.4. The van der Waals surface area contributed by atoms with E-state index in [-0.39, 0.29) is 23.7 Å². The predicted molar refractivity (Wildman–Crippen MR) is 89.0 cm³/mol. The van der Waals surface area contributed by atoms with E-state index in [0.717, 1.165) is 19.4 Å². The second-order valence-corrected chi connectivity index (χ2v) is 6.54. The maximum atomic E-state index is 14.1. The van der Waals surface area contributed by atoms with E-state index in [1.807, 2.05) is 13.8 Å². The van der Waals surface area contributed by atoms with E-state index in [1.165, 1.54) is 25.3 Å². The molecule has 0 bridgehead atoms. The zero-order valence-electron chi connectivity index (χ0n) is 14.5. The monoisotopic (exact) mass is 336 g/mol. The Balaban J connectivity index is 2.02. The third-order valence-corrected chi connectivity index (χ3v) is 4.24. The molecule has 1 amide bonds. The van der Waals surface area contributed by atoms with Crippen LogP contribution in [0.2, 0.25) is 0 Å². The van der Waals surface area contributed by atoms with Crippen molar-refractivity contribution in [1.29, 1.82) is 0 Å². The molecule has 0 unspecified atom stereocenters. The minimum absolute atomic E-state index is 0.0423. The molecule has 0 spiro atoms. The minimum Gasteiger partial charge on any atom is -0.465 e. The smallest absolute Gasteiger partial charge is 0.337 e. The van der Waals surface area contributed by atoms with Crippen molar-refractivity contribution in [2.75, 3.05) is 20.2 Å². The lowest BCUT2D eigenvalue weighted by atomic mass is 10.0. The quantitative estimate of drug-likeness (QED) is 0.839. The molecule has 1 saturated heterocycles. The summed E-state index contributed by atoms with van der Waals surface area (Å²) in [6.45, 7) is 5.66. The maximum absolute atomic E-state index is 14.1. The van der Waals surface area contributed by atoms with Gasteiger partial charge in [0.15, 0.2) is 0 Å². The highest BCUT2D eigenvalue weighted by atomic mass is 19.1. The van der Waals surface area contributed by atoms with Gasteiger partial charge in [-0.2, -0.15) is 0 Å². The molecule has 6 heteroatoms. The largest absolute Gasteiger partial charge is 0.465 e. The van der Waals surface area contributed by atoms with Crippen molar-refractivity contribution in [2.45, 2.75) is 39.3 Å². The number of amides is 1. The molecule has 1 atom stereocenters. The fourth-order valence-electron chi connectivity index (χ4n) is 2.87. The fraction of sp³-hybridized carbons (Fsp3) is 0.556. The van der Waals surface area contributed by atoms with Crippen molar-refractivity contribution < 1.29 is 18.7 Å². The lowest BCUT2D eigenvalue weighted by molar-refractivity contribution is -0.125. The molecule has 0 aliphatic carbocycles. The van der Waals surface area contributed by atoms with Crippen LogP contribution in [0, 0.1) is 11.7 Å². The second kappa shape index (κ2) is 8.24. The summed E-state index contributed by atoms with van der Waals surface area (Å²) in [6, 6.07) is 4.34. The number of nitrogens with zero attached hydrogens (tertiary/aromatic N) is 1. The van der Waals surface area contributed by atoms with Crippen molar-refractivity contribution in [2.24, 2.45) is 5.92 Å². The third-order valence-electron chi connectivity index (χ3n) is 4.24.